The van der Waals surface area contributed by atoms with Gasteiger partial charge in [0.05, 0.1) is 12.5 Å². The van der Waals surface area contributed by atoms with E-state index in [1.165, 1.54) is 0 Å². The molecule has 3 nitrogen and oxygen atoms in total. The average molecular weight is 297 g/mol. The van der Waals surface area contributed by atoms with Gasteiger partial charge in [0, 0.05) is 5.69 Å². The molecule has 2 aromatic carbocycles. The number of carbonyl (C=O) groups is 1. The molecule has 0 aliphatic carbocycles. The number of amides is 1. The van der Waals surface area contributed by atoms with Gasteiger partial charge in [0.2, 0.25) is 5.91 Å². The lowest BCUT2D eigenvalue weighted by atomic mass is 9.83. The molecule has 1 N–H and O–H groups in total. The van der Waals surface area contributed by atoms with Gasteiger partial charge in [-0.15, -0.1) is 0 Å². The summed E-state index contributed by atoms with van der Waals surface area (Å²) in [6.45, 7) is 5.94. The van der Waals surface area contributed by atoms with Crippen LogP contribution in [-0.2, 0) is 16.6 Å². The molecule has 0 unspecified atom stereocenters. The van der Waals surface area contributed by atoms with E-state index in [0.29, 0.717) is 0 Å². The van der Waals surface area contributed by atoms with E-state index < -0.39 is 5.41 Å². The Morgan fingerprint density at radius 3 is 2.32 bits per heavy atom. The number of nitrogens with one attached hydrogen (secondary N) is 1. The van der Waals surface area contributed by atoms with Crippen LogP contribution in [0.3, 0.4) is 0 Å². The van der Waals surface area contributed by atoms with Crippen molar-refractivity contribution in [1.29, 1.82) is 0 Å². The zero-order valence-electron chi connectivity index (χ0n) is 13.6. The molecule has 22 heavy (non-hydrogen) atoms. The van der Waals surface area contributed by atoms with E-state index >= 15 is 0 Å². The van der Waals surface area contributed by atoms with Gasteiger partial charge in [-0.1, -0.05) is 37.3 Å². The molecular weight excluding hydrogens is 274 g/mol. The van der Waals surface area contributed by atoms with Crippen LogP contribution in [0.5, 0.6) is 5.75 Å². The fourth-order valence-corrected chi connectivity index (χ4v) is 2.37. The number of anilines is 1. The summed E-state index contributed by atoms with van der Waals surface area (Å²) in [5, 5.41) is 3.06. The van der Waals surface area contributed by atoms with Crippen LogP contribution in [0, 0.1) is 0 Å². The van der Waals surface area contributed by atoms with Crippen molar-refractivity contribution < 1.29 is 9.53 Å². The van der Waals surface area contributed by atoms with E-state index in [9.17, 15) is 4.79 Å². The monoisotopic (exact) mass is 297 g/mol. The van der Waals surface area contributed by atoms with E-state index in [1.807, 2.05) is 62.4 Å². The van der Waals surface area contributed by atoms with Gasteiger partial charge >= 0.3 is 0 Å². The highest BCUT2D eigenvalue weighted by atomic mass is 16.5. The average Bonchev–Trinajstić information content (AvgIpc) is 2.55. The molecule has 0 aliphatic heterocycles. The number of benzene rings is 2. The third-order valence-corrected chi connectivity index (χ3v) is 4.03. The van der Waals surface area contributed by atoms with Gasteiger partial charge in [0.15, 0.2) is 0 Å². The van der Waals surface area contributed by atoms with Crippen molar-refractivity contribution in [3.05, 3.63) is 59.7 Å². The van der Waals surface area contributed by atoms with Crippen LogP contribution in [0.2, 0.25) is 0 Å². The Hall–Kier alpha value is -2.29. The van der Waals surface area contributed by atoms with Gasteiger partial charge in [-0.05, 0) is 49.6 Å². The summed E-state index contributed by atoms with van der Waals surface area (Å²) >= 11 is 0. The van der Waals surface area contributed by atoms with Crippen molar-refractivity contribution in [2.45, 2.75) is 32.6 Å². The number of ether oxygens (including phenoxy) is 1. The number of rotatable bonds is 5. The van der Waals surface area contributed by atoms with Gasteiger partial charge in [0.25, 0.3) is 0 Å². The summed E-state index contributed by atoms with van der Waals surface area (Å²) in [5.41, 5.74) is 2.37. The minimum Gasteiger partial charge on any atom is -0.497 e. The largest absolute Gasteiger partial charge is 0.497 e. The quantitative estimate of drug-likeness (QED) is 0.899. The molecule has 0 spiro atoms. The SMILES string of the molecule is CCc1ccccc1NC(=O)C(C)(C)c1ccc(OC)cc1. The van der Waals surface area contributed by atoms with E-state index in [-0.39, 0.29) is 5.91 Å². The van der Waals surface area contributed by atoms with Gasteiger partial charge in [0.1, 0.15) is 5.75 Å². The van der Waals surface area contributed by atoms with Crippen LogP contribution in [0.4, 0.5) is 5.69 Å². The first-order valence-corrected chi connectivity index (χ1v) is 7.53. The molecule has 0 aromatic heterocycles. The number of carbonyl (C=O) groups excluding carboxylic acids is 1. The van der Waals surface area contributed by atoms with Crippen molar-refractivity contribution in [2.24, 2.45) is 0 Å². The molecule has 0 atom stereocenters. The maximum atomic E-state index is 12.7. The third-order valence-electron chi connectivity index (χ3n) is 4.03. The first-order valence-electron chi connectivity index (χ1n) is 7.53. The second-order valence-electron chi connectivity index (χ2n) is 5.82. The molecule has 0 radical (unpaired) electrons. The molecule has 3 heteroatoms. The number of aryl methyl sites for hydroxylation is 1. The first-order chi connectivity index (χ1) is 10.5. The van der Waals surface area contributed by atoms with Crippen LogP contribution in [-0.4, -0.2) is 13.0 Å². The lowest BCUT2D eigenvalue weighted by Gasteiger charge is -2.25. The predicted octanol–water partition coefficient (Wildman–Crippen LogP) is 4.17. The maximum absolute atomic E-state index is 12.7. The summed E-state index contributed by atoms with van der Waals surface area (Å²) in [4.78, 5) is 12.7. The summed E-state index contributed by atoms with van der Waals surface area (Å²) in [5.74, 6) is 0.773. The Morgan fingerprint density at radius 1 is 1.09 bits per heavy atom. The van der Waals surface area contributed by atoms with Crippen molar-refractivity contribution >= 4 is 11.6 Å². The molecule has 2 aromatic rings. The predicted molar refractivity (Wildman–Crippen MR) is 90.5 cm³/mol. The van der Waals surface area contributed by atoms with Gasteiger partial charge < -0.3 is 10.1 Å². The lowest BCUT2D eigenvalue weighted by Crippen LogP contribution is -2.35. The zero-order valence-corrected chi connectivity index (χ0v) is 13.6. The molecule has 0 saturated heterocycles. The summed E-state index contributed by atoms with van der Waals surface area (Å²) < 4.78 is 5.17. The fraction of sp³-hybridized carbons (Fsp3) is 0.316. The Labute approximate surface area is 132 Å². The van der Waals surface area contributed by atoms with Crippen LogP contribution in [0.25, 0.3) is 0 Å². The third kappa shape index (κ3) is 3.30. The molecule has 116 valence electrons. The zero-order chi connectivity index (χ0) is 16.2. The molecule has 1 amide bonds. The smallest absolute Gasteiger partial charge is 0.234 e. The van der Waals surface area contributed by atoms with Crippen LogP contribution in [0.1, 0.15) is 31.9 Å². The molecule has 0 aliphatic rings. The Balaban J connectivity index is 2.22. The molecule has 0 bridgehead atoms. The van der Waals surface area contributed by atoms with Crippen molar-refractivity contribution in [1.82, 2.24) is 0 Å². The lowest BCUT2D eigenvalue weighted by molar-refractivity contribution is -0.120. The topological polar surface area (TPSA) is 38.3 Å². The Bertz CT molecular complexity index is 645. The fourth-order valence-electron chi connectivity index (χ4n) is 2.37. The molecule has 2 rings (SSSR count). The first kappa shape index (κ1) is 16.1. The standard InChI is InChI=1S/C19H23NO2/c1-5-14-8-6-7-9-17(14)20-18(21)19(2,3)15-10-12-16(22-4)13-11-15/h6-13H,5H2,1-4H3,(H,20,21). The second kappa shape index (κ2) is 6.65. The summed E-state index contributed by atoms with van der Waals surface area (Å²) in [6.07, 6.45) is 0.888. The van der Waals surface area contributed by atoms with Gasteiger partial charge in [-0.3, -0.25) is 4.79 Å². The number of para-hydroxylation sites is 1. The van der Waals surface area contributed by atoms with Crippen LogP contribution in [0.15, 0.2) is 48.5 Å². The van der Waals surface area contributed by atoms with Crippen molar-refractivity contribution in [3.8, 4) is 5.75 Å². The van der Waals surface area contributed by atoms with Crippen molar-refractivity contribution in [2.75, 3.05) is 12.4 Å². The summed E-state index contributed by atoms with van der Waals surface area (Å²) in [7, 11) is 1.63. The molecule has 0 fully saturated rings. The number of methoxy groups -OCH3 is 1. The van der Waals surface area contributed by atoms with E-state index in [0.717, 1.165) is 29.0 Å². The molecule has 0 saturated carbocycles. The summed E-state index contributed by atoms with van der Waals surface area (Å²) in [6, 6.07) is 15.5. The van der Waals surface area contributed by atoms with Crippen LogP contribution < -0.4 is 10.1 Å². The normalized spacial score (nSPS) is 11.1. The molecular formula is C19H23NO2. The highest BCUT2D eigenvalue weighted by Crippen LogP contribution is 2.27. The molecule has 0 heterocycles. The van der Waals surface area contributed by atoms with E-state index in [2.05, 4.69) is 12.2 Å². The highest BCUT2D eigenvalue weighted by molar-refractivity contribution is 5.99. The van der Waals surface area contributed by atoms with E-state index in [1.54, 1.807) is 7.11 Å². The second-order valence-corrected chi connectivity index (χ2v) is 5.82. The Kier molecular flexibility index (Phi) is 4.86. The van der Waals surface area contributed by atoms with E-state index in [4.69, 9.17) is 4.74 Å². The maximum Gasteiger partial charge on any atom is 0.234 e. The van der Waals surface area contributed by atoms with Gasteiger partial charge in [-0.2, -0.15) is 0 Å². The number of hydrogen-bond donors (Lipinski definition) is 1. The Morgan fingerprint density at radius 2 is 1.73 bits per heavy atom. The number of hydrogen-bond acceptors (Lipinski definition) is 2. The van der Waals surface area contributed by atoms with Crippen LogP contribution >= 0.6 is 0 Å². The van der Waals surface area contributed by atoms with Crippen molar-refractivity contribution in [3.63, 3.8) is 0 Å². The highest BCUT2D eigenvalue weighted by Gasteiger charge is 2.30. The minimum absolute atomic E-state index is 0.0152. The van der Waals surface area contributed by atoms with Gasteiger partial charge in [-0.25, -0.2) is 0 Å². The minimum atomic E-state index is -0.618.